The lowest BCUT2D eigenvalue weighted by molar-refractivity contribution is -0.0991. The molecule has 0 radical (unpaired) electrons. The second-order valence-electron chi connectivity index (χ2n) is 6.87. The van der Waals surface area contributed by atoms with Gasteiger partial charge in [-0.2, -0.15) is 0 Å². The van der Waals surface area contributed by atoms with Crippen molar-refractivity contribution in [2.24, 2.45) is 5.92 Å². The Balaban J connectivity index is 1.75. The minimum Gasteiger partial charge on any atom is -0.465 e. The minimum absolute atomic E-state index is 0.177. The van der Waals surface area contributed by atoms with Gasteiger partial charge in [-0.1, -0.05) is 19.8 Å². The predicted molar refractivity (Wildman–Crippen MR) is 84.4 cm³/mol. The van der Waals surface area contributed by atoms with Crippen LogP contribution >= 0.6 is 0 Å². The molecule has 1 spiro atoms. The summed E-state index contributed by atoms with van der Waals surface area (Å²) in [5.74, 6) is 2.76. The van der Waals surface area contributed by atoms with Gasteiger partial charge in [-0.3, -0.25) is 0 Å². The number of aryl methyl sites for hydroxylation is 1. The minimum atomic E-state index is 0.177. The van der Waals surface area contributed by atoms with Crippen molar-refractivity contribution < 1.29 is 9.15 Å². The molecule has 3 rings (SSSR count). The van der Waals surface area contributed by atoms with E-state index < -0.39 is 0 Å². The molecular formula is C18H29NO2. The lowest BCUT2D eigenvalue weighted by Gasteiger charge is -2.41. The fourth-order valence-corrected chi connectivity index (χ4v) is 4.14. The van der Waals surface area contributed by atoms with Crippen LogP contribution in [0.1, 0.15) is 69.4 Å². The Morgan fingerprint density at radius 3 is 2.81 bits per heavy atom. The molecule has 2 unspecified atom stereocenters. The normalized spacial score (nSPS) is 26.3. The van der Waals surface area contributed by atoms with Gasteiger partial charge >= 0.3 is 0 Å². The summed E-state index contributed by atoms with van der Waals surface area (Å²) in [6, 6.07) is 4.58. The van der Waals surface area contributed by atoms with Crippen LogP contribution in [-0.2, 0) is 4.74 Å². The molecule has 1 aromatic heterocycles. The van der Waals surface area contributed by atoms with E-state index in [9.17, 15) is 0 Å². The maximum atomic E-state index is 6.19. The molecule has 1 saturated heterocycles. The molecule has 2 heterocycles. The van der Waals surface area contributed by atoms with Crippen molar-refractivity contribution >= 4 is 0 Å². The molecule has 1 aliphatic carbocycles. The molecule has 118 valence electrons. The molecular weight excluding hydrogens is 262 g/mol. The maximum absolute atomic E-state index is 6.19. The second kappa shape index (κ2) is 6.53. The van der Waals surface area contributed by atoms with E-state index in [1.165, 1.54) is 32.1 Å². The molecule has 21 heavy (non-hydrogen) atoms. The first-order chi connectivity index (χ1) is 10.2. The van der Waals surface area contributed by atoms with E-state index in [-0.39, 0.29) is 5.60 Å². The van der Waals surface area contributed by atoms with E-state index >= 15 is 0 Å². The molecule has 1 N–H and O–H groups in total. The fraction of sp³-hybridized carbons (Fsp3) is 0.778. The van der Waals surface area contributed by atoms with Crippen molar-refractivity contribution in [3.8, 4) is 0 Å². The van der Waals surface area contributed by atoms with Gasteiger partial charge in [0.05, 0.1) is 11.6 Å². The van der Waals surface area contributed by atoms with Crippen molar-refractivity contribution in [2.75, 3.05) is 13.2 Å². The third kappa shape index (κ3) is 3.35. The zero-order valence-corrected chi connectivity index (χ0v) is 13.5. The number of nitrogens with one attached hydrogen (secondary N) is 1. The van der Waals surface area contributed by atoms with Gasteiger partial charge in [-0.15, -0.1) is 0 Å². The molecule has 2 atom stereocenters. The van der Waals surface area contributed by atoms with Gasteiger partial charge in [0.1, 0.15) is 11.5 Å². The van der Waals surface area contributed by atoms with Crippen LogP contribution in [0, 0.1) is 12.8 Å². The zero-order valence-electron chi connectivity index (χ0n) is 13.5. The number of hydrogen-bond donors (Lipinski definition) is 1. The highest BCUT2D eigenvalue weighted by molar-refractivity contribution is 5.12. The highest BCUT2D eigenvalue weighted by atomic mass is 16.5. The maximum Gasteiger partial charge on any atom is 0.121 e. The fourth-order valence-electron chi connectivity index (χ4n) is 4.14. The quantitative estimate of drug-likeness (QED) is 0.875. The summed E-state index contributed by atoms with van der Waals surface area (Å²) < 4.78 is 12.1. The molecule has 1 saturated carbocycles. The monoisotopic (exact) mass is 291 g/mol. The molecule has 2 fully saturated rings. The van der Waals surface area contributed by atoms with Crippen LogP contribution in [0.3, 0.4) is 0 Å². The smallest absolute Gasteiger partial charge is 0.121 e. The standard InChI is InChI=1S/C18H29NO2/c1-3-11-19-17(16-7-6-14(2)21-16)15-8-12-20-18(13-15)9-4-5-10-18/h6-7,15,17,19H,3-5,8-13H2,1-2H3. The van der Waals surface area contributed by atoms with Crippen LogP contribution in [0.25, 0.3) is 0 Å². The highest BCUT2D eigenvalue weighted by Crippen LogP contribution is 2.45. The van der Waals surface area contributed by atoms with Crippen LogP contribution in [-0.4, -0.2) is 18.8 Å². The SMILES string of the molecule is CCCNC(c1ccc(C)o1)C1CCOC2(CCCC2)C1. The van der Waals surface area contributed by atoms with Gasteiger partial charge in [0.25, 0.3) is 0 Å². The van der Waals surface area contributed by atoms with E-state index in [2.05, 4.69) is 24.4 Å². The van der Waals surface area contributed by atoms with Crippen molar-refractivity contribution in [3.63, 3.8) is 0 Å². The van der Waals surface area contributed by atoms with Gasteiger partial charge in [0.15, 0.2) is 0 Å². The summed E-state index contributed by atoms with van der Waals surface area (Å²) in [4.78, 5) is 0. The second-order valence-corrected chi connectivity index (χ2v) is 6.87. The van der Waals surface area contributed by atoms with Gasteiger partial charge in [-0.25, -0.2) is 0 Å². The third-order valence-corrected chi connectivity index (χ3v) is 5.20. The van der Waals surface area contributed by atoms with Crippen LogP contribution in [0.15, 0.2) is 16.5 Å². The first-order valence-electron chi connectivity index (χ1n) is 8.66. The van der Waals surface area contributed by atoms with Crippen molar-refractivity contribution in [1.82, 2.24) is 5.32 Å². The van der Waals surface area contributed by atoms with Crippen LogP contribution < -0.4 is 5.32 Å². The van der Waals surface area contributed by atoms with Crippen molar-refractivity contribution in [3.05, 3.63) is 23.7 Å². The number of furan rings is 1. The Morgan fingerprint density at radius 1 is 1.33 bits per heavy atom. The Labute approximate surface area is 128 Å². The molecule has 3 heteroatoms. The number of hydrogen-bond acceptors (Lipinski definition) is 3. The molecule has 0 bridgehead atoms. The first kappa shape index (κ1) is 15.1. The summed E-state index contributed by atoms with van der Waals surface area (Å²) in [6.45, 7) is 6.21. The van der Waals surface area contributed by atoms with Crippen molar-refractivity contribution in [2.45, 2.75) is 70.4 Å². The highest BCUT2D eigenvalue weighted by Gasteiger charge is 2.42. The molecule has 3 nitrogen and oxygen atoms in total. The van der Waals surface area contributed by atoms with E-state index in [1.807, 2.05) is 6.92 Å². The van der Waals surface area contributed by atoms with Crippen LogP contribution in [0.4, 0.5) is 0 Å². The van der Waals surface area contributed by atoms with Gasteiger partial charge in [0.2, 0.25) is 0 Å². The third-order valence-electron chi connectivity index (χ3n) is 5.20. The molecule has 0 aromatic carbocycles. The van der Waals surface area contributed by atoms with Gasteiger partial charge < -0.3 is 14.5 Å². The molecule has 0 amide bonds. The van der Waals surface area contributed by atoms with Crippen LogP contribution in [0.5, 0.6) is 0 Å². The zero-order chi connectivity index (χ0) is 14.7. The largest absolute Gasteiger partial charge is 0.465 e. The summed E-state index contributed by atoms with van der Waals surface area (Å²) in [6.07, 6.45) is 8.66. The number of ether oxygens (including phenoxy) is 1. The predicted octanol–water partition coefficient (Wildman–Crippen LogP) is 4.37. The number of rotatable bonds is 5. The van der Waals surface area contributed by atoms with Crippen LogP contribution in [0.2, 0.25) is 0 Å². The Bertz CT molecular complexity index is 448. The Morgan fingerprint density at radius 2 is 2.14 bits per heavy atom. The average molecular weight is 291 g/mol. The van der Waals surface area contributed by atoms with E-state index in [0.717, 1.165) is 37.5 Å². The van der Waals surface area contributed by atoms with Gasteiger partial charge in [-0.05, 0) is 63.6 Å². The van der Waals surface area contributed by atoms with E-state index in [0.29, 0.717) is 12.0 Å². The summed E-state index contributed by atoms with van der Waals surface area (Å²) >= 11 is 0. The Hall–Kier alpha value is -0.800. The van der Waals surface area contributed by atoms with E-state index in [4.69, 9.17) is 9.15 Å². The topological polar surface area (TPSA) is 34.4 Å². The Kier molecular flexibility index (Phi) is 4.70. The summed E-state index contributed by atoms with van der Waals surface area (Å²) in [5, 5.41) is 3.73. The lowest BCUT2D eigenvalue weighted by atomic mass is 9.80. The molecule has 1 aromatic rings. The summed E-state index contributed by atoms with van der Waals surface area (Å²) in [7, 11) is 0. The van der Waals surface area contributed by atoms with E-state index in [1.54, 1.807) is 0 Å². The van der Waals surface area contributed by atoms with Gasteiger partial charge in [0, 0.05) is 6.61 Å². The summed E-state index contributed by atoms with van der Waals surface area (Å²) in [5.41, 5.74) is 0.177. The molecule has 2 aliphatic rings. The lowest BCUT2D eigenvalue weighted by Crippen LogP contribution is -2.42. The van der Waals surface area contributed by atoms with Crippen molar-refractivity contribution in [1.29, 1.82) is 0 Å². The average Bonchev–Trinajstić information content (AvgIpc) is 3.10. The first-order valence-corrected chi connectivity index (χ1v) is 8.66. The molecule has 1 aliphatic heterocycles.